The molecular formula is C33H54FN3O7. The van der Waals surface area contributed by atoms with E-state index in [9.17, 15) is 19.2 Å². The highest BCUT2D eigenvalue weighted by molar-refractivity contribution is 5.76. The van der Waals surface area contributed by atoms with Gasteiger partial charge in [0.25, 0.3) is 5.56 Å². The predicted octanol–water partition coefficient (Wildman–Crippen LogP) is 5.56. The Bertz CT molecular complexity index is 1150. The van der Waals surface area contributed by atoms with Crippen molar-refractivity contribution < 1.29 is 28.2 Å². The maximum atomic E-state index is 15.7. The highest BCUT2D eigenvalue weighted by Crippen LogP contribution is 2.34. The average molecular weight is 624 g/mol. The van der Waals surface area contributed by atoms with E-state index in [0.717, 1.165) is 43.1 Å². The number of H-pyrrole nitrogens is 1. The number of alkyl halides is 1. The zero-order valence-electron chi connectivity index (χ0n) is 27.1. The van der Waals surface area contributed by atoms with Crippen LogP contribution in [0.15, 0.2) is 27.9 Å². The number of ether oxygens (including phenoxy) is 3. The Morgan fingerprint density at radius 1 is 1.05 bits per heavy atom. The molecule has 1 aromatic heterocycles. The van der Waals surface area contributed by atoms with E-state index in [1.165, 1.54) is 45.2 Å². The van der Waals surface area contributed by atoms with Gasteiger partial charge in [-0.2, -0.15) is 0 Å². The minimum absolute atomic E-state index is 0.173. The van der Waals surface area contributed by atoms with Crippen molar-refractivity contribution in [2.75, 3.05) is 6.61 Å². The number of carbonyl (C=O) groups is 2. The number of aromatic nitrogens is 2. The Balaban J connectivity index is 1.82. The van der Waals surface area contributed by atoms with Gasteiger partial charge >= 0.3 is 17.6 Å². The summed E-state index contributed by atoms with van der Waals surface area (Å²) in [6.45, 7) is 6.97. The van der Waals surface area contributed by atoms with Gasteiger partial charge < -0.3 is 19.9 Å². The third kappa shape index (κ3) is 12.3. The standard InChI is InChI=1S/C33H54FN3O7/c1-5-7-8-9-10-11-12-13-14-15-16-17-18-19-20-26(38)42-22-25-29(44-32(40)28(35)23(3)6-2)27(34)31(43-25)37-21-24(4)30(39)36-33(37)41/h12-13,21,23,25,27-29,31H,5-11,14-20,22,35H2,1-4H3,(H,36,39,41)/b13-12+/t23-,25-,27+,28-,29-,31-/m0/s1. The van der Waals surface area contributed by atoms with Crippen molar-refractivity contribution in [1.29, 1.82) is 0 Å². The minimum atomic E-state index is -1.98. The Labute approximate surface area is 260 Å². The molecule has 0 bridgehead atoms. The van der Waals surface area contributed by atoms with Crippen LogP contribution in [0, 0.1) is 12.8 Å². The molecule has 0 aromatic carbocycles. The predicted molar refractivity (Wildman–Crippen MR) is 168 cm³/mol. The maximum Gasteiger partial charge on any atom is 0.330 e. The van der Waals surface area contributed by atoms with Crippen LogP contribution in [0.5, 0.6) is 0 Å². The van der Waals surface area contributed by atoms with Crippen molar-refractivity contribution in [3.05, 3.63) is 44.8 Å². The topological polar surface area (TPSA) is 143 Å². The summed E-state index contributed by atoms with van der Waals surface area (Å²) < 4.78 is 33.2. The van der Waals surface area contributed by atoms with Crippen LogP contribution < -0.4 is 17.0 Å². The van der Waals surface area contributed by atoms with Crippen molar-refractivity contribution >= 4 is 11.9 Å². The van der Waals surface area contributed by atoms with Crippen molar-refractivity contribution in [3.63, 3.8) is 0 Å². The molecule has 44 heavy (non-hydrogen) atoms. The maximum absolute atomic E-state index is 15.7. The Hall–Kier alpha value is -2.79. The number of carbonyl (C=O) groups excluding carboxylic acids is 2. The van der Waals surface area contributed by atoms with Crippen LogP contribution in [-0.4, -0.2) is 52.5 Å². The zero-order chi connectivity index (χ0) is 32.5. The molecule has 0 unspecified atom stereocenters. The summed E-state index contributed by atoms with van der Waals surface area (Å²) in [5.74, 6) is -1.48. The molecule has 0 saturated carbocycles. The van der Waals surface area contributed by atoms with E-state index in [2.05, 4.69) is 24.1 Å². The van der Waals surface area contributed by atoms with Gasteiger partial charge in [-0.15, -0.1) is 0 Å². The number of rotatable bonds is 21. The SMILES string of the molecule is CCCCCCC/C=C/CCCCCCCC(=O)OC[C@@H]1O[C@H](n2cc(C)c(=O)[nH]c2=O)[C@H](F)[C@H]1OC(=O)[C@@H](N)[C@@H](C)CC. The second kappa shape index (κ2) is 20.3. The second-order valence-corrected chi connectivity index (χ2v) is 12.0. The lowest BCUT2D eigenvalue weighted by atomic mass is 10.0. The molecule has 2 heterocycles. The fourth-order valence-corrected chi connectivity index (χ4v) is 5.08. The van der Waals surface area contributed by atoms with Crippen LogP contribution in [0.2, 0.25) is 0 Å². The molecule has 1 aromatic rings. The fourth-order valence-electron chi connectivity index (χ4n) is 5.08. The number of unbranched alkanes of at least 4 members (excludes halogenated alkanes) is 10. The number of nitrogens with zero attached hydrogens (tertiary/aromatic N) is 1. The minimum Gasteiger partial charge on any atom is -0.463 e. The molecule has 3 N–H and O–H groups in total. The highest BCUT2D eigenvalue weighted by Gasteiger charge is 2.50. The van der Waals surface area contributed by atoms with Crippen molar-refractivity contribution in [2.45, 2.75) is 148 Å². The summed E-state index contributed by atoms with van der Waals surface area (Å²) in [5, 5.41) is 0. The van der Waals surface area contributed by atoms with E-state index in [0.29, 0.717) is 12.8 Å². The number of halogens is 1. The van der Waals surface area contributed by atoms with E-state index in [1.807, 2.05) is 6.92 Å². The zero-order valence-corrected chi connectivity index (χ0v) is 27.1. The molecule has 1 aliphatic rings. The first kappa shape index (κ1) is 37.4. The van der Waals surface area contributed by atoms with Crippen LogP contribution in [0.1, 0.15) is 122 Å². The van der Waals surface area contributed by atoms with Crippen LogP contribution >= 0.6 is 0 Å². The van der Waals surface area contributed by atoms with Crippen LogP contribution in [0.3, 0.4) is 0 Å². The van der Waals surface area contributed by atoms with Gasteiger partial charge in [0.1, 0.15) is 18.8 Å². The average Bonchev–Trinajstić information content (AvgIpc) is 3.31. The molecule has 2 rings (SSSR count). The molecule has 0 aliphatic carbocycles. The molecule has 6 atom stereocenters. The fraction of sp³-hybridized carbons (Fsp3) is 0.758. The number of aromatic amines is 1. The van der Waals surface area contributed by atoms with Gasteiger partial charge in [-0.05, 0) is 44.9 Å². The van der Waals surface area contributed by atoms with Gasteiger partial charge in [-0.1, -0.05) is 84.3 Å². The van der Waals surface area contributed by atoms with Gasteiger partial charge in [-0.25, -0.2) is 9.18 Å². The molecule has 1 fully saturated rings. The number of esters is 2. The van der Waals surface area contributed by atoms with Crippen LogP contribution in [0.25, 0.3) is 0 Å². The highest BCUT2D eigenvalue weighted by atomic mass is 19.1. The summed E-state index contributed by atoms with van der Waals surface area (Å²) >= 11 is 0. The van der Waals surface area contributed by atoms with E-state index >= 15 is 4.39 Å². The third-order valence-corrected chi connectivity index (χ3v) is 8.27. The molecule has 11 heteroatoms. The van der Waals surface area contributed by atoms with E-state index in [4.69, 9.17) is 19.9 Å². The molecule has 0 spiro atoms. The molecule has 1 saturated heterocycles. The molecule has 1 aliphatic heterocycles. The summed E-state index contributed by atoms with van der Waals surface area (Å²) in [5.41, 5.74) is 4.69. The number of hydrogen-bond acceptors (Lipinski definition) is 8. The lowest BCUT2D eigenvalue weighted by Gasteiger charge is -2.23. The lowest BCUT2D eigenvalue weighted by Crippen LogP contribution is -2.44. The van der Waals surface area contributed by atoms with E-state index < -0.39 is 53.8 Å². The Morgan fingerprint density at radius 2 is 1.66 bits per heavy atom. The van der Waals surface area contributed by atoms with Crippen molar-refractivity contribution in [1.82, 2.24) is 9.55 Å². The first-order valence-corrected chi connectivity index (χ1v) is 16.5. The van der Waals surface area contributed by atoms with Crippen LogP contribution in [0.4, 0.5) is 4.39 Å². The monoisotopic (exact) mass is 623 g/mol. The third-order valence-electron chi connectivity index (χ3n) is 8.27. The van der Waals surface area contributed by atoms with Gasteiger partial charge in [0.2, 0.25) is 0 Å². The molecule has 0 amide bonds. The number of aryl methyl sites for hydroxylation is 1. The molecular weight excluding hydrogens is 569 g/mol. The van der Waals surface area contributed by atoms with Gasteiger partial charge in [0.05, 0.1) is 0 Å². The molecule has 10 nitrogen and oxygen atoms in total. The smallest absolute Gasteiger partial charge is 0.330 e. The summed E-state index contributed by atoms with van der Waals surface area (Å²) in [7, 11) is 0. The lowest BCUT2D eigenvalue weighted by molar-refractivity contribution is -0.161. The molecule has 0 radical (unpaired) electrons. The molecule has 250 valence electrons. The number of allylic oxidation sites excluding steroid dienone is 2. The normalized spacial score (nSPS) is 21.4. The van der Waals surface area contributed by atoms with E-state index in [-0.39, 0.29) is 24.5 Å². The Morgan fingerprint density at radius 3 is 2.30 bits per heavy atom. The van der Waals surface area contributed by atoms with Crippen LogP contribution in [-0.2, 0) is 23.8 Å². The number of nitrogens with two attached hydrogens (primary N) is 1. The first-order valence-electron chi connectivity index (χ1n) is 16.5. The van der Waals surface area contributed by atoms with Gasteiger partial charge in [-0.3, -0.25) is 23.9 Å². The largest absolute Gasteiger partial charge is 0.463 e. The summed E-state index contributed by atoms with van der Waals surface area (Å²) in [4.78, 5) is 51.5. The summed E-state index contributed by atoms with van der Waals surface area (Å²) in [6, 6.07) is -0.983. The quantitative estimate of drug-likeness (QED) is 0.103. The number of nitrogens with one attached hydrogen (secondary N) is 1. The van der Waals surface area contributed by atoms with Gasteiger partial charge in [0, 0.05) is 18.2 Å². The second-order valence-electron chi connectivity index (χ2n) is 12.0. The van der Waals surface area contributed by atoms with E-state index in [1.54, 1.807) is 6.92 Å². The number of hydrogen-bond donors (Lipinski definition) is 2. The van der Waals surface area contributed by atoms with Crippen molar-refractivity contribution in [3.8, 4) is 0 Å². The first-order chi connectivity index (χ1) is 21.1. The summed E-state index contributed by atoms with van der Waals surface area (Å²) in [6.07, 6.45) is 14.0. The van der Waals surface area contributed by atoms with Gasteiger partial charge in [0.15, 0.2) is 18.5 Å². The van der Waals surface area contributed by atoms with Crippen molar-refractivity contribution in [2.24, 2.45) is 11.7 Å². The Kier molecular flexibility index (Phi) is 17.2.